The number of rotatable bonds is 0. The number of urea groups is 1. The van der Waals surface area contributed by atoms with Crippen molar-refractivity contribution < 1.29 is 14.3 Å². The first-order valence-electron chi connectivity index (χ1n) is 6.29. The highest BCUT2D eigenvalue weighted by Gasteiger charge is 2.43. The van der Waals surface area contributed by atoms with Gasteiger partial charge in [0, 0.05) is 31.6 Å². The van der Waals surface area contributed by atoms with Crippen LogP contribution in [0.25, 0.3) is 0 Å². The van der Waals surface area contributed by atoms with Gasteiger partial charge in [-0.25, -0.2) is 9.59 Å². The summed E-state index contributed by atoms with van der Waals surface area (Å²) in [6.07, 6.45) is 0.621. The molecule has 2 rings (SSSR count). The van der Waals surface area contributed by atoms with Crippen molar-refractivity contribution in [1.82, 2.24) is 15.5 Å². The Morgan fingerprint density at radius 2 is 1.94 bits per heavy atom. The molecule has 3 amide bonds. The molecule has 18 heavy (non-hydrogen) atoms. The van der Waals surface area contributed by atoms with E-state index in [0.717, 1.165) is 6.42 Å². The average molecular weight is 255 g/mol. The van der Waals surface area contributed by atoms with Crippen LogP contribution in [0.3, 0.4) is 0 Å². The molecule has 0 saturated carbocycles. The van der Waals surface area contributed by atoms with Crippen molar-refractivity contribution >= 4 is 12.1 Å². The van der Waals surface area contributed by atoms with E-state index in [-0.39, 0.29) is 17.5 Å². The van der Waals surface area contributed by atoms with Crippen LogP contribution in [-0.4, -0.2) is 48.8 Å². The molecule has 0 radical (unpaired) electrons. The molecule has 2 aliphatic rings. The number of ether oxygens (including phenoxy) is 1. The van der Waals surface area contributed by atoms with E-state index in [2.05, 4.69) is 10.6 Å². The third-order valence-corrected chi connectivity index (χ3v) is 3.34. The van der Waals surface area contributed by atoms with Crippen LogP contribution >= 0.6 is 0 Å². The minimum absolute atomic E-state index is 0.0369. The largest absolute Gasteiger partial charge is 0.444 e. The first-order chi connectivity index (χ1) is 8.30. The Kier molecular flexibility index (Phi) is 3.12. The summed E-state index contributed by atoms with van der Waals surface area (Å²) in [6.45, 7) is 8.15. The first kappa shape index (κ1) is 13.0. The molecule has 0 bridgehead atoms. The van der Waals surface area contributed by atoms with Crippen LogP contribution in [0.1, 0.15) is 27.2 Å². The van der Waals surface area contributed by atoms with E-state index in [1.54, 1.807) is 4.90 Å². The van der Waals surface area contributed by atoms with Gasteiger partial charge in [-0.15, -0.1) is 0 Å². The molecule has 102 valence electrons. The number of carbonyl (C=O) groups excluding carboxylic acids is 2. The summed E-state index contributed by atoms with van der Waals surface area (Å²) in [4.78, 5) is 24.8. The molecule has 0 aromatic heterocycles. The van der Waals surface area contributed by atoms with Crippen molar-refractivity contribution in [3.8, 4) is 0 Å². The van der Waals surface area contributed by atoms with E-state index >= 15 is 0 Å². The van der Waals surface area contributed by atoms with Crippen molar-refractivity contribution in [1.29, 1.82) is 0 Å². The molecule has 2 heterocycles. The second-order valence-electron chi connectivity index (χ2n) is 6.19. The Morgan fingerprint density at radius 3 is 2.50 bits per heavy atom. The predicted molar refractivity (Wildman–Crippen MR) is 66.3 cm³/mol. The van der Waals surface area contributed by atoms with Gasteiger partial charge in [-0.05, 0) is 27.2 Å². The fraction of sp³-hybridized carbons (Fsp3) is 0.833. The molecule has 0 aromatic carbocycles. The van der Waals surface area contributed by atoms with Gasteiger partial charge >= 0.3 is 12.1 Å². The second kappa shape index (κ2) is 4.33. The van der Waals surface area contributed by atoms with Gasteiger partial charge in [0.2, 0.25) is 0 Å². The third kappa shape index (κ3) is 2.86. The molecular weight excluding hydrogens is 234 g/mol. The van der Waals surface area contributed by atoms with E-state index in [1.807, 2.05) is 20.8 Å². The number of likely N-dealkylation sites (tertiary alicyclic amines) is 1. The molecule has 0 aliphatic carbocycles. The van der Waals surface area contributed by atoms with Crippen LogP contribution in [0.2, 0.25) is 0 Å². The van der Waals surface area contributed by atoms with Crippen LogP contribution in [-0.2, 0) is 4.74 Å². The minimum atomic E-state index is -0.466. The van der Waals surface area contributed by atoms with E-state index in [9.17, 15) is 9.59 Å². The molecule has 0 aromatic rings. The first-order valence-corrected chi connectivity index (χ1v) is 6.29. The standard InChI is InChI=1S/C12H21N3O3/c1-11(2,3)18-10(17)15-5-4-12(8-15)6-13-9(16)14-7-12/h4-8H2,1-3H3,(H2,13,14,16). The van der Waals surface area contributed by atoms with Gasteiger partial charge in [-0.3, -0.25) is 0 Å². The highest BCUT2D eigenvalue weighted by molar-refractivity contribution is 5.75. The van der Waals surface area contributed by atoms with Gasteiger partial charge < -0.3 is 20.3 Å². The number of hydrogen-bond donors (Lipinski definition) is 2. The highest BCUT2D eigenvalue weighted by Crippen LogP contribution is 2.31. The second-order valence-corrected chi connectivity index (χ2v) is 6.19. The summed E-state index contributed by atoms with van der Waals surface area (Å²) in [7, 11) is 0. The normalized spacial score (nSPS) is 22.6. The zero-order valence-electron chi connectivity index (χ0n) is 11.2. The van der Waals surface area contributed by atoms with E-state index in [1.165, 1.54) is 0 Å². The minimum Gasteiger partial charge on any atom is -0.444 e. The lowest BCUT2D eigenvalue weighted by atomic mass is 9.86. The van der Waals surface area contributed by atoms with Gasteiger partial charge in [-0.1, -0.05) is 0 Å². The third-order valence-electron chi connectivity index (χ3n) is 3.34. The summed E-state index contributed by atoms with van der Waals surface area (Å²) in [6, 6.07) is -0.128. The molecule has 2 N–H and O–H groups in total. The number of nitrogens with one attached hydrogen (secondary N) is 2. The summed E-state index contributed by atoms with van der Waals surface area (Å²) < 4.78 is 5.36. The zero-order valence-corrected chi connectivity index (χ0v) is 11.2. The maximum atomic E-state index is 11.9. The Morgan fingerprint density at radius 1 is 1.33 bits per heavy atom. The quantitative estimate of drug-likeness (QED) is 0.676. The van der Waals surface area contributed by atoms with Gasteiger partial charge in [0.25, 0.3) is 0 Å². The fourth-order valence-corrected chi connectivity index (χ4v) is 2.37. The Hall–Kier alpha value is -1.46. The van der Waals surface area contributed by atoms with Crippen molar-refractivity contribution in [3.63, 3.8) is 0 Å². The van der Waals surface area contributed by atoms with Gasteiger partial charge in [0.15, 0.2) is 0 Å². The van der Waals surface area contributed by atoms with Crippen LogP contribution in [0.5, 0.6) is 0 Å². The molecule has 6 heteroatoms. The molecule has 2 fully saturated rings. The topological polar surface area (TPSA) is 70.7 Å². The summed E-state index contributed by atoms with van der Waals surface area (Å²) in [5, 5.41) is 5.59. The van der Waals surface area contributed by atoms with Crippen LogP contribution in [0.15, 0.2) is 0 Å². The molecular formula is C12H21N3O3. The molecule has 6 nitrogen and oxygen atoms in total. The van der Waals surface area contributed by atoms with Gasteiger partial charge in [0.05, 0.1) is 0 Å². The summed E-state index contributed by atoms with van der Waals surface area (Å²) >= 11 is 0. The molecule has 0 unspecified atom stereocenters. The Bertz CT molecular complexity index is 352. The molecule has 2 saturated heterocycles. The van der Waals surface area contributed by atoms with Crippen molar-refractivity contribution in [3.05, 3.63) is 0 Å². The Balaban J connectivity index is 1.92. The predicted octanol–water partition coefficient (Wildman–Crippen LogP) is 0.926. The number of hydrogen-bond acceptors (Lipinski definition) is 3. The van der Waals surface area contributed by atoms with E-state index in [4.69, 9.17) is 4.74 Å². The average Bonchev–Trinajstić information content (AvgIpc) is 2.65. The highest BCUT2D eigenvalue weighted by atomic mass is 16.6. The lowest BCUT2D eigenvalue weighted by Gasteiger charge is -2.34. The molecule has 2 aliphatic heterocycles. The van der Waals surface area contributed by atoms with Crippen molar-refractivity contribution in [2.45, 2.75) is 32.8 Å². The molecule has 0 atom stereocenters. The fourth-order valence-electron chi connectivity index (χ4n) is 2.37. The SMILES string of the molecule is CC(C)(C)OC(=O)N1CCC2(CNC(=O)NC2)C1. The zero-order chi connectivity index (χ0) is 13.4. The molecule has 1 spiro atoms. The lowest BCUT2D eigenvalue weighted by Crippen LogP contribution is -2.56. The van der Waals surface area contributed by atoms with Crippen LogP contribution in [0.4, 0.5) is 9.59 Å². The van der Waals surface area contributed by atoms with Gasteiger partial charge in [-0.2, -0.15) is 0 Å². The van der Waals surface area contributed by atoms with Crippen LogP contribution in [0, 0.1) is 5.41 Å². The Labute approximate surface area is 107 Å². The summed E-state index contributed by atoms with van der Waals surface area (Å²) in [5.41, 5.74) is -0.503. The number of amides is 3. The van der Waals surface area contributed by atoms with Gasteiger partial charge in [0.1, 0.15) is 5.60 Å². The monoisotopic (exact) mass is 255 g/mol. The maximum Gasteiger partial charge on any atom is 0.410 e. The smallest absolute Gasteiger partial charge is 0.410 e. The summed E-state index contributed by atoms with van der Waals surface area (Å²) in [5.74, 6) is 0. The van der Waals surface area contributed by atoms with Crippen LogP contribution < -0.4 is 10.6 Å². The number of carbonyl (C=O) groups is 2. The van der Waals surface area contributed by atoms with E-state index in [0.29, 0.717) is 26.2 Å². The maximum absolute atomic E-state index is 11.9. The van der Waals surface area contributed by atoms with Crippen molar-refractivity contribution in [2.75, 3.05) is 26.2 Å². The lowest BCUT2D eigenvalue weighted by molar-refractivity contribution is 0.0272. The van der Waals surface area contributed by atoms with Crippen molar-refractivity contribution in [2.24, 2.45) is 5.41 Å². The number of nitrogens with zero attached hydrogens (tertiary/aromatic N) is 1. The van der Waals surface area contributed by atoms with E-state index < -0.39 is 5.60 Å².